The van der Waals surface area contributed by atoms with E-state index in [1.54, 1.807) is 6.07 Å². The number of aryl methyl sites for hydroxylation is 3. The maximum atomic E-state index is 13.1. The van der Waals surface area contributed by atoms with Gasteiger partial charge in [0, 0.05) is 16.9 Å². The Hall–Kier alpha value is -3.98. The Labute approximate surface area is 213 Å². The maximum Gasteiger partial charge on any atom is 0.251 e. The Morgan fingerprint density at radius 2 is 1.72 bits per heavy atom. The molecule has 0 saturated carbocycles. The van der Waals surface area contributed by atoms with Gasteiger partial charge in [-0.2, -0.15) is 0 Å². The number of aromatic nitrogens is 3. The second kappa shape index (κ2) is 11.2. The number of amides is 2. The highest BCUT2D eigenvalue weighted by Crippen LogP contribution is 2.23. The second-order valence-corrected chi connectivity index (χ2v) is 9.34. The van der Waals surface area contributed by atoms with Crippen molar-refractivity contribution >= 4 is 29.3 Å². The minimum absolute atomic E-state index is 0.0797. The van der Waals surface area contributed by atoms with E-state index < -0.39 is 0 Å². The molecule has 0 spiro atoms. The number of halogens is 1. The lowest BCUT2D eigenvalue weighted by molar-refractivity contribution is -0.113. The topological polar surface area (TPSA) is 88.9 Å². The van der Waals surface area contributed by atoms with Gasteiger partial charge in [-0.3, -0.25) is 14.2 Å². The predicted molar refractivity (Wildman–Crippen MR) is 139 cm³/mol. The third-order valence-electron chi connectivity index (χ3n) is 5.60. The van der Waals surface area contributed by atoms with Gasteiger partial charge in [-0.25, -0.2) is 4.39 Å². The number of carbonyl (C=O) groups is 2. The van der Waals surface area contributed by atoms with E-state index in [0.29, 0.717) is 22.2 Å². The summed E-state index contributed by atoms with van der Waals surface area (Å²) in [4.78, 5) is 25.2. The molecule has 184 valence electrons. The van der Waals surface area contributed by atoms with E-state index in [2.05, 4.69) is 20.8 Å². The summed E-state index contributed by atoms with van der Waals surface area (Å²) in [6.07, 6.45) is 0. The molecule has 0 aliphatic heterocycles. The van der Waals surface area contributed by atoms with Crippen LogP contribution in [0.1, 0.15) is 32.9 Å². The Bertz CT molecular complexity index is 1400. The summed E-state index contributed by atoms with van der Waals surface area (Å²) >= 11 is 1.22. The molecule has 3 aromatic carbocycles. The largest absolute Gasteiger partial charge is 0.345 e. The molecule has 0 unspecified atom stereocenters. The van der Waals surface area contributed by atoms with E-state index in [4.69, 9.17) is 0 Å². The van der Waals surface area contributed by atoms with Gasteiger partial charge >= 0.3 is 0 Å². The van der Waals surface area contributed by atoms with Crippen molar-refractivity contribution < 1.29 is 14.0 Å². The van der Waals surface area contributed by atoms with Crippen molar-refractivity contribution in [2.45, 2.75) is 32.5 Å². The Morgan fingerprint density at radius 1 is 0.944 bits per heavy atom. The smallest absolute Gasteiger partial charge is 0.251 e. The molecule has 0 aliphatic carbocycles. The maximum absolute atomic E-state index is 13.1. The molecule has 9 heteroatoms. The zero-order chi connectivity index (χ0) is 25.7. The van der Waals surface area contributed by atoms with Crippen LogP contribution < -0.4 is 10.6 Å². The minimum Gasteiger partial charge on any atom is -0.345 e. The summed E-state index contributed by atoms with van der Waals surface area (Å²) in [6, 6.07) is 19.0. The van der Waals surface area contributed by atoms with E-state index in [1.807, 2.05) is 61.7 Å². The van der Waals surface area contributed by atoms with E-state index in [1.165, 1.54) is 36.0 Å². The van der Waals surface area contributed by atoms with E-state index in [0.717, 1.165) is 22.4 Å². The first kappa shape index (κ1) is 25.1. The first-order chi connectivity index (χ1) is 17.3. The van der Waals surface area contributed by atoms with Gasteiger partial charge in [-0.15, -0.1) is 10.2 Å². The summed E-state index contributed by atoms with van der Waals surface area (Å²) in [5, 5.41) is 14.8. The average Bonchev–Trinajstić information content (AvgIpc) is 3.27. The van der Waals surface area contributed by atoms with Gasteiger partial charge < -0.3 is 10.6 Å². The quantitative estimate of drug-likeness (QED) is 0.331. The van der Waals surface area contributed by atoms with Crippen molar-refractivity contribution in [2.24, 2.45) is 0 Å². The number of thioether (sulfide) groups is 1. The SMILES string of the molecule is Cc1cccc(-n2c(CNC(=O)c3ccc(C)c(C)c3)nnc2SCC(=O)Nc2ccc(F)cc2)c1. The zero-order valence-corrected chi connectivity index (χ0v) is 21.0. The van der Waals surface area contributed by atoms with Gasteiger partial charge in [0.25, 0.3) is 5.91 Å². The van der Waals surface area contributed by atoms with E-state index >= 15 is 0 Å². The lowest BCUT2D eigenvalue weighted by Gasteiger charge is -2.12. The van der Waals surface area contributed by atoms with Crippen molar-refractivity contribution in [3.05, 3.63) is 101 Å². The third-order valence-corrected chi connectivity index (χ3v) is 6.53. The number of rotatable bonds is 8. The van der Waals surface area contributed by atoms with Crippen molar-refractivity contribution in [2.75, 3.05) is 11.1 Å². The molecule has 2 amide bonds. The molecule has 0 fully saturated rings. The van der Waals surface area contributed by atoms with E-state index in [-0.39, 0.29) is 29.9 Å². The summed E-state index contributed by atoms with van der Waals surface area (Å²) in [5.41, 5.74) is 5.14. The number of nitrogens with zero attached hydrogens (tertiary/aromatic N) is 3. The first-order valence-electron chi connectivity index (χ1n) is 11.3. The molecular weight excluding hydrogens is 477 g/mol. The van der Waals surface area contributed by atoms with Gasteiger partial charge in [0.1, 0.15) is 5.82 Å². The molecular formula is C27H26FN5O2S. The monoisotopic (exact) mass is 503 g/mol. The fourth-order valence-corrected chi connectivity index (χ4v) is 4.31. The highest BCUT2D eigenvalue weighted by Gasteiger charge is 2.17. The van der Waals surface area contributed by atoms with Crippen LogP contribution in [0.3, 0.4) is 0 Å². The number of anilines is 1. The van der Waals surface area contributed by atoms with Crippen LogP contribution >= 0.6 is 11.8 Å². The molecule has 7 nitrogen and oxygen atoms in total. The van der Waals surface area contributed by atoms with Crippen LogP contribution in [-0.2, 0) is 11.3 Å². The fraction of sp³-hybridized carbons (Fsp3) is 0.185. The molecule has 0 saturated heterocycles. The standard InChI is InChI=1S/C27H26FN5O2S/c1-17-5-4-6-23(13-17)33-24(15-29-26(35)20-8-7-18(2)19(3)14-20)31-32-27(33)36-16-25(34)30-22-11-9-21(28)10-12-22/h4-14H,15-16H2,1-3H3,(H,29,35)(H,30,34). The lowest BCUT2D eigenvalue weighted by atomic mass is 10.1. The van der Waals surface area contributed by atoms with Gasteiger partial charge in [0.05, 0.1) is 12.3 Å². The lowest BCUT2D eigenvalue weighted by Crippen LogP contribution is -2.24. The first-order valence-corrected chi connectivity index (χ1v) is 12.3. The Kier molecular flexibility index (Phi) is 7.80. The molecule has 4 aromatic rings. The highest BCUT2D eigenvalue weighted by atomic mass is 32.2. The number of nitrogens with one attached hydrogen (secondary N) is 2. The van der Waals surface area contributed by atoms with Crippen molar-refractivity contribution in [3.8, 4) is 5.69 Å². The normalized spacial score (nSPS) is 10.8. The van der Waals surface area contributed by atoms with Gasteiger partial charge in [-0.05, 0) is 86.0 Å². The van der Waals surface area contributed by atoms with E-state index in [9.17, 15) is 14.0 Å². The molecule has 4 rings (SSSR count). The number of hydrogen-bond acceptors (Lipinski definition) is 5. The average molecular weight is 504 g/mol. The molecule has 1 heterocycles. The van der Waals surface area contributed by atoms with Gasteiger partial charge in [0.15, 0.2) is 11.0 Å². The molecule has 2 N–H and O–H groups in total. The van der Waals surface area contributed by atoms with Crippen LogP contribution in [0.2, 0.25) is 0 Å². The molecule has 0 radical (unpaired) electrons. The van der Waals surface area contributed by atoms with Crippen LogP contribution in [0.5, 0.6) is 0 Å². The fourth-order valence-electron chi connectivity index (χ4n) is 3.54. The number of carbonyl (C=O) groups excluding carboxylic acids is 2. The van der Waals surface area contributed by atoms with Gasteiger partial charge in [0.2, 0.25) is 5.91 Å². The van der Waals surface area contributed by atoms with Crippen LogP contribution in [0.25, 0.3) is 5.69 Å². The summed E-state index contributed by atoms with van der Waals surface area (Å²) < 4.78 is 14.9. The van der Waals surface area contributed by atoms with Gasteiger partial charge in [-0.1, -0.05) is 30.0 Å². The molecule has 36 heavy (non-hydrogen) atoms. The number of hydrogen-bond donors (Lipinski definition) is 2. The summed E-state index contributed by atoms with van der Waals surface area (Å²) in [6.45, 7) is 6.11. The third kappa shape index (κ3) is 6.17. The molecule has 0 aliphatic rings. The van der Waals surface area contributed by atoms with Crippen molar-refractivity contribution in [1.82, 2.24) is 20.1 Å². The summed E-state index contributed by atoms with van der Waals surface area (Å²) in [5.74, 6) is -0.208. The zero-order valence-electron chi connectivity index (χ0n) is 20.2. The van der Waals surface area contributed by atoms with Crippen LogP contribution in [0.4, 0.5) is 10.1 Å². The van der Waals surface area contributed by atoms with Crippen LogP contribution in [-0.4, -0.2) is 32.3 Å². The Morgan fingerprint density at radius 3 is 2.44 bits per heavy atom. The van der Waals surface area contributed by atoms with Crippen LogP contribution in [0.15, 0.2) is 71.9 Å². The predicted octanol–water partition coefficient (Wildman–Crippen LogP) is 4.99. The number of benzene rings is 3. The minimum atomic E-state index is -0.370. The molecule has 1 aromatic heterocycles. The highest BCUT2D eigenvalue weighted by molar-refractivity contribution is 7.99. The summed E-state index contributed by atoms with van der Waals surface area (Å²) in [7, 11) is 0. The van der Waals surface area contributed by atoms with Crippen LogP contribution in [0, 0.1) is 26.6 Å². The molecule has 0 atom stereocenters. The van der Waals surface area contributed by atoms with Crippen molar-refractivity contribution in [3.63, 3.8) is 0 Å². The van der Waals surface area contributed by atoms with Crippen molar-refractivity contribution in [1.29, 1.82) is 0 Å². The second-order valence-electron chi connectivity index (χ2n) is 8.40. The molecule has 0 bridgehead atoms. The Balaban J connectivity index is 1.50.